The Kier molecular flexibility index (Phi) is 8.08. The molecule has 4 rings (SSSR count). The minimum Gasteiger partial charge on any atom is -0.374 e. The van der Waals surface area contributed by atoms with Crippen molar-refractivity contribution >= 4 is 0 Å². The van der Waals surface area contributed by atoms with Crippen molar-refractivity contribution in [3.05, 3.63) is 108 Å². The van der Waals surface area contributed by atoms with E-state index in [-0.39, 0.29) is 18.3 Å². The van der Waals surface area contributed by atoms with Gasteiger partial charge in [-0.25, -0.2) is 0 Å². The molecule has 0 saturated carbocycles. The number of ether oxygens (including phenoxy) is 4. The van der Waals surface area contributed by atoms with Gasteiger partial charge in [0.2, 0.25) is 0 Å². The maximum absolute atomic E-state index is 6.31. The van der Waals surface area contributed by atoms with Crippen molar-refractivity contribution in [3.8, 4) is 12.3 Å². The van der Waals surface area contributed by atoms with Crippen LogP contribution in [0.2, 0.25) is 0 Å². The fourth-order valence-electron chi connectivity index (χ4n) is 3.78. The van der Waals surface area contributed by atoms with Gasteiger partial charge < -0.3 is 18.9 Å². The smallest absolute Gasteiger partial charge is 0.147 e. The number of terminal acetylenes is 1. The zero-order valence-corrected chi connectivity index (χ0v) is 18.0. The first kappa shape index (κ1) is 22.3. The molecule has 0 bridgehead atoms. The summed E-state index contributed by atoms with van der Waals surface area (Å²) in [4.78, 5) is 0. The highest BCUT2D eigenvalue weighted by Gasteiger charge is 2.45. The van der Waals surface area contributed by atoms with Crippen molar-refractivity contribution in [3.63, 3.8) is 0 Å². The number of rotatable bonds is 10. The van der Waals surface area contributed by atoms with Crippen LogP contribution in [0.15, 0.2) is 91.0 Å². The van der Waals surface area contributed by atoms with Gasteiger partial charge in [-0.3, -0.25) is 0 Å². The minimum absolute atomic E-state index is 0.316. The predicted molar refractivity (Wildman–Crippen MR) is 124 cm³/mol. The van der Waals surface area contributed by atoms with E-state index >= 15 is 0 Å². The molecular weight excluding hydrogens is 400 g/mol. The van der Waals surface area contributed by atoms with Crippen LogP contribution in [0, 0.1) is 12.3 Å². The molecule has 1 aliphatic rings. The number of benzene rings is 3. The lowest BCUT2D eigenvalue weighted by Gasteiger charge is -2.24. The largest absolute Gasteiger partial charge is 0.374 e. The second kappa shape index (κ2) is 11.6. The van der Waals surface area contributed by atoms with Gasteiger partial charge in [-0.15, -0.1) is 6.42 Å². The fourth-order valence-corrected chi connectivity index (χ4v) is 3.78. The molecule has 1 fully saturated rings. The van der Waals surface area contributed by atoms with Crippen molar-refractivity contribution in [2.75, 3.05) is 6.61 Å². The molecule has 3 aromatic carbocycles. The third-order valence-corrected chi connectivity index (χ3v) is 5.44. The molecule has 164 valence electrons. The van der Waals surface area contributed by atoms with Crippen LogP contribution in [0.25, 0.3) is 0 Å². The summed E-state index contributed by atoms with van der Waals surface area (Å²) in [5.74, 6) is 2.73. The first-order valence-electron chi connectivity index (χ1n) is 10.9. The van der Waals surface area contributed by atoms with Gasteiger partial charge in [0.1, 0.15) is 24.4 Å². The van der Waals surface area contributed by atoms with E-state index in [1.807, 2.05) is 91.0 Å². The summed E-state index contributed by atoms with van der Waals surface area (Å²) in [6, 6.07) is 30.1. The lowest BCUT2D eigenvalue weighted by Crippen LogP contribution is -2.38. The van der Waals surface area contributed by atoms with E-state index in [1.54, 1.807) is 0 Å². The third-order valence-electron chi connectivity index (χ3n) is 5.44. The van der Waals surface area contributed by atoms with Crippen LogP contribution in [0.3, 0.4) is 0 Å². The average Bonchev–Trinajstić information content (AvgIpc) is 3.19. The quantitative estimate of drug-likeness (QED) is 0.436. The molecule has 3 aromatic rings. The molecule has 0 aliphatic carbocycles. The van der Waals surface area contributed by atoms with Crippen molar-refractivity contribution in [2.45, 2.75) is 44.2 Å². The van der Waals surface area contributed by atoms with E-state index in [2.05, 4.69) is 5.92 Å². The van der Waals surface area contributed by atoms with Crippen molar-refractivity contribution in [1.29, 1.82) is 0 Å². The van der Waals surface area contributed by atoms with Gasteiger partial charge in [-0.05, 0) is 16.7 Å². The molecule has 4 atom stereocenters. The Morgan fingerprint density at radius 3 is 1.62 bits per heavy atom. The van der Waals surface area contributed by atoms with Crippen LogP contribution in [0.1, 0.15) is 16.7 Å². The lowest BCUT2D eigenvalue weighted by atomic mass is 10.1. The SMILES string of the molecule is C#C[C@@H]1O[C@H](COCc2ccccc2)[C@@H](OCc2ccccc2)[C@@H]1OCc1ccccc1. The monoisotopic (exact) mass is 428 g/mol. The Labute approximate surface area is 190 Å². The van der Waals surface area contributed by atoms with E-state index in [1.165, 1.54) is 0 Å². The molecule has 4 heteroatoms. The maximum Gasteiger partial charge on any atom is 0.147 e. The molecule has 4 nitrogen and oxygen atoms in total. The van der Waals surface area contributed by atoms with Crippen LogP contribution in [-0.2, 0) is 38.8 Å². The summed E-state index contributed by atoms with van der Waals surface area (Å²) in [6.45, 7) is 1.77. The molecule has 0 N–H and O–H groups in total. The molecule has 32 heavy (non-hydrogen) atoms. The summed E-state index contributed by atoms with van der Waals surface area (Å²) < 4.78 is 24.7. The first-order chi connectivity index (χ1) is 15.8. The van der Waals surface area contributed by atoms with Gasteiger partial charge in [0.15, 0.2) is 0 Å². The fraction of sp³-hybridized carbons (Fsp3) is 0.286. The number of hydrogen-bond acceptors (Lipinski definition) is 4. The summed E-state index contributed by atoms with van der Waals surface area (Å²) in [5, 5.41) is 0. The molecule has 1 aliphatic heterocycles. The van der Waals surface area contributed by atoms with E-state index in [9.17, 15) is 0 Å². The van der Waals surface area contributed by atoms with Gasteiger partial charge >= 0.3 is 0 Å². The molecule has 1 saturated heterocycles. The lowest BCUT2D eigenvalue weighted by molar-refractivity contribution is -0.0896. The van der Waals surface area contributed by atoms with Crippen molar-refractivity contribution < 1.29 is 18.9 Å². The van der Waals surface area contributed by atoms with Crippen LogP contribution in [0.5, 0.6) is 0 Å². The number of hydrogen-bond donors (Lipinski definition) is 0. The Balaban J connectivity index is 1.43. The Morgan fingerprint density at radius 2 is 1.12 bits per heavy atom. The zero-order valence-electron chi connectivity index (χ0n) is 18.0. The highest BCUT2D eigenvalue weighted by atomic mass is 16.6. The summed E-state index contributed by atoms with van der Waals surface area (Å²) in [6.07, 6.45) is 4.26. The summed E-state index contributed by atoms with van der Waals surface area (Å²) in [5.41, 5.74) is 3.27. The first-order valence-corrected chi connectivity index (χ1v) is 10.9. The maximum atomic E-state index is 6.31. The van der Waals surface area contributed by atoms with Crippen LogP contribution in [-0.4, -0.2) is 31.0 Å². The third kappa shape index (κ3) is 6.06. The van der Waals surface area contributed by atoms with Gasteiger partial charge in [0, 0.05) is 0 Å². The normalized spacial score (nSPS) is 22.5. The second-order valence-corrected chi connectivity index (χ2v) is 7.78. The molecule has 0 amide bonds. The minimum atomic E-state index is -0.496. The molecule has 0 radical (unpaired) electrons. The Hall–Kier alpha value is -2.94. The second-order valence-electron chi connectivity index (χ2n) is 7.78. The molecular formula is C28H28O4. The van der Waals surface area contributed by atoms with Gasteiger partial charge in [-0.2, -0.15) is 0 Å². The van der Waals surface area contributed by atoms with Gasteiger partial charge in [0.25, 0.3) is 0 Å². The van der Waals surface area contributed by atoms with E-state index in [0.717, 1.165) is 16.7 Å². The average molecular weight is 429 g/mol. The van der Waals surface area contributed by atoms with E-state index in [0.29, 0.717) is 26.4 Å². The zero-order chi connectivity index (χ0) is 22.0. The Morgan fingerprint density at radius 1 is 0.656 bits per heavy atom. The van der Waals surface area contributed by atoms with Crippen molar-refractivity contribution in [1.82, 2.24) is 0 Å². The topological polar surface area (TPSA) is 36.9 Å². The standard InChI is InChI=1S/C28H28O4/c1-2-25-27(30-19-23-14-8-4-9-15-23)28(31-20-24-16-10-5-11-17-24)26(32-25)21-29-18-22-12-6-3-7-13-22/h1,3-17,25-28H,18-21H2/t25-,26+,27+,28+/m0/s1. The molecule has 1 heterocycles. The van der Waals surface area contributed by atoms with E-state index < -0.39 is 6.10 Å². The Bertz CT molecular complexity index is 969. The van der Waals surface area contributed by atoms with Gasteiger partial charge in [-0.1, -0.05) is 96.9 Å². The predicted octanol–water partition coefficient (Wildman–Crippen LogP) is 4.77. The summed E-state index contributed by atoms with van der Waals surface area (Å²) in [7, 11) is 0. The van der Waals surface area contributed by atoms with Crippen LogP contribution >= 0.6 is 0 Å². The van der Waals surface area contributed by atoms with Crippen LogP contribution in [0.4, 0.5) is 0 Å². The van der Waals surface area contributed by atoms with Crippen LogP contribution < -0.4 is 0 Å². The van der Waals surface area contributed by atoms with Gasteiger partial charge in [0.05, 0.1) is 26.4 Å². The molecule has 0 aromatic heterocycles. The van der Waals surface area contributed by atoms with Crippen molar-refractivity contribution in [2.24, 2.45) is 0 Å². The molecule has 0 unspecified atom stereocenters. The highest BCUT2D eigenvalue weighted by molar-refractivity contribution is 5.16. The highest BCUT2D eigenvalue weighted by Crippen LogP contribution is 2.29. The summed E-state index contributed by atoms with van der Waals surface area (Å²) >= 11 is 0. The van der Waals surface area contributed by atoms with E-state index in [4.69, 9.17) is 25.4 Å². The molecule has 0 spiro atoms.